The highest BCUT2D eigenvalue weighted by Gasteiger charge is 2.08. The summed E-state index contributed by atoms with van der Waals surface area (Å²) >= 11 is 7.39. The second kappa shape index (κ2) is 5.60. The summed E-state index contributed by atoms with van der Waals surface area (Å²) in [5.74, 6) is 0.793. The van der Waals surface area contributed by atoms with Gasteiger partial charge in [-0.2, -0.15) is 5.26 Å². The Morgan fingerprint density at radius 1 is 1.29 bits per heavy atom. The molecule has 3 aromatic rings. The molecule has 2 aromatic carbocycles. The summed E-state index contributed by atoms with van der Waals surface area (Å²) in [4.78, 5) is 4.49. The van der Waals surface area contributed by atoms with E-state index in [-0.39, 0.29) is 0 Å². The number of rotatable bonds is 3. The molecule has 104 valence electrons. The van der Waals surface area contributed by atoms with Crippen molar-refractivity contribution in [3.8, 4) is 11.8 Å². The molecule has 21 heavy (non-hydrogen) atoms. The maximum atomic E-state index is 9.15. The second-order valence-electron chi connectivity index (χ2n) is 4.28. The van der Waals surface area contributed by atoms with E-state index < -0.39 is 0 Å². The van der Waals surface area contributed by atoms with Crippen molar-refractivity contribution in [2.75, 3.05) is 12.4 Å². The van der Waals surface area contributed by atoms with Crippen LogP contribution in [0.25, 0.3) is 10.2 Å². The van der Waals surface area contributed by atoms with E-state index in [1.54, 1.807) is 25.3 Å². The van der Waals surface area contributed by atoms with Gasteiger partial charge in [0.25, 0.3) is 0 Å². The Morgan fingerprint density at radius 3 is 2.90 bits per heavy atom. The molecule has 0 fully saturated rings. The number of anilines is 2. The fraction of sp³-hybridized carbons (Fsp3) is 0.0667. The number of ether oxygens (including phenoxy) is 1. The number of aromatic nitrogens is 1. The van der Waals surface area contributed by atoms with E-state index in [9.17, 15) is 0 Å². The van der Waals surface area contributed by atoms with Crippen LogP contribution in [0.2, 0.25) is 5.02 Å². The molecule has 0 atom stereocenters. The van der Waals surface area contributed by atoms with E-state index in [0.29, 0.717) is 16.3 Å². The largest absolute Gasteiger partial charge is 0.497 e. The number of benzene rings is 2. The van der Waals surface area contributed by atoms with Gasteiger partial charge >= 0.3 is 0 Å². The topological polar surface area (TPSA) is 57.9 Å². The second-order valence-corrected chi connectivity index (χ2v) is 5.75. The third kappa shape index (κ3) is 2.77. The van der Waals surface area contributed by atoms with Crippen molar-refractivity contribution in [3.05, 3.63) is 47.0 Å². The number of nitrogens with one attached hydrogen (secondary N) is 1. The Bertz CT molecular complexity index is 854. The zero-order valence-corrected chi connectivity index (χ0v) is 12.6. The number of halogens is 1. The first-order valence-corrected chi connectivity index (χ1v) is 7.30. The average Bonchev–Trinajstić information content (AvgIpc) is 2.90. The number of methoxy groups -OCH3 is 1. The van der Waals surface area contributed by atoms with Gasteiger partial charge in [-0.05, 0) is 36.4 Å². The predicted molar refractivity (Wildman–Crippen MR) is 85.6 cm³/mol. The average molecular weight is 316 g/mol. The summed E-state index contributed by atoms with van der Waals surface area (Å²) in [7, 11) is 1.63. The Labute approximate surface area is 130 Å². The first-order valence-electron chi connectivity index (χ1n) is 6.11. The Balaban J connectivity index is 1.97. The molecular weight excluding hydrogens is 306 g/mol. The minimum Gasteiger partial charge on any atom is -0.497 e. The molecule has 1 N–H and O–H groups in total. The molecular formula is C15H10ClN3OS. The van der Waals surface area contributed by atoms with Gasteiger partial charge < -0.3 is 10.1 Å². The Morgan fingerprint density at radius 2 is 2.14 bits per heavy atom. The van der Waals surface area contributed by atoms with E-state index in [4.69, 9.17) is 21.6 Å². The Hall–Kier alpha value is -2.29. The molecule has 4 nitrogen and oxygen atoms in total. The zero-order valence-electron chi connectivity index (χ0n) is 11.1. The van der Waals surface area contributed by atoms with Crippen LogP contribution in [-0.4, -0.2) is 12.1 Å². The summed E-state index contributed by atoms with van der Waals surface area (Å²) in [6.07, 6.45) is 0. The highest BCUT2D eigenvalue weighted by molar-refractivity contribution is 7.22. The third-order valence-corrected chi connectivity index (χ3v) is 4.11. The lowest BCUT2D eigenvalue weighted by molar-refractivity contribution is 0.415. The highest BCUT2D eigenvalue weighted by atomic mass is 35.5. The van der Waals surface area contributed by atoms with Crippen molar-refractivity contribution in [2.45, 2.75) is 0 Å². The van der Waals surface area contributed by atoms with Crippen molar-refractivity contribution < 1.29 is 4.74 Å². The van der Waals surface area contributed by atoms with Crippen LogP contribution < -0.4 is 10.1 Å². The number of thiazole rings is 1. The van der Waals surface area contributed by atoms with Crippen molar-refractivity contribution >= 4 is 44.0 Å². The molecule has 1 heterocycles. The van der Waals surface area contributed by atoms with E-state index in [1.807, 2.05) is 18.2 Å². The molecule has 0 aliphatic carbocycles. The van der Waals surface area contributed by atoms with Crippen molar-refractivity contribution in [1.82, 2.24) is 4.98 Å². The van der Waals surface area contributed by atoms with Gasteiger partial charge in [-0.3, -0.25) is 0 Å². The molecule has 0 aliphatic heterocycles. The molecule has 0 unspecified atom stereocenters. The molecule has 0 saturated heterocycles. The quantitative estimate of drug-likeness (QED) is 0.769. The summed E-state index contributed by atoms with van der Waals surface area (Å²) in [5.41, 5.74) is 2.06. The van der Waals surface area contributed by atoms with Gasteiger partial charge in [0.1, 0.15) is 11.8 Å². The molecule has 1 aromatic heterocycles. The maximum Gasteiger partial charge on any atom is 0.188 e. The van der Waals surface area contributed by atoms with Crippen molar-refractivity contribution in [2.24, 2.45) is 0 Å². The number of fused-ring (bicyclic) bond motifs is 1. The van der Waals surface area contributed by atoms with Gasteiger partial charge in [-0.1, -0.05) is 22.9 Å². The van der Waals surface area contributed by atoms with Crippen molar-refractivity contribution in [3.63, 3.8) is 0 Å². The fourth-order valence-electron chi connectivity index (χ4n) is 1.92. The normalized spacial score (nSPS) is 10.3. The Kier molecular flexibility index (Phi) is 3.65. The predicted octanol–water partition coefficient (Wildman–Crippen LogP) is 4.57. The van der Waals surface area contributed by atoms with E-state index in [1.165, 1.54) is 11.3 Å². The first-order chi connectivity index (χ1) is 10.2. The van der Waals surface area contributed by atoms with Gasteiger partial charge in [0.05, 0.1) is 28.6 Å². The van der Waals surface area contributed by atoms with Crippen LogP contribution in [0, 0.1) is 11.3 Å². The minimum atomic E-state index is 0.485. The van der Waals surface area contributed by atoms with Gasteiger partial charge in [0.15, 0.2) is 5.13 Å². The van der Waals surface area contributed by atoms with E-state index in [0.717, 1.165) is 21.1 Å². The smallest absolute Gasteiger partial charge is 0.188 e. The number of hydrogen-bond donors (Lipinski definition) is 1. The van der Waals surface area contributed by atoms with Gasteiger partial charge in [-0.15, -0.1) is 0 Å². The summed E-state index contributed by atoms with van der Waals surface area (Å²) < 4.78 is 6.22. The summed E-state index contributed by atoms with van der Waals surface area (Å²) in [5, 5.41) is 13.6. The summed E-state index contributed by atoms with van der Waals surface area (Å²) in [6.45, 7) is 0. The van der Waals surface area contributed by atoms with Crippen LogP contribution in [-0.2, 0) is 0 Å². The van der Waals surface area contributed by atoms with Crippen LogP contribution in [0.3, 0.4) is 0 Å². The van der Waals surface area contributed by atoms with Crippen LogP contribution in [0.4, 0.5) is 10.8 Å². The number of nitrogens with zero attached hydrogens (tertiary/aromatic N) is 2. The van der Waals surface area contributed by atoms with Gasteiger partial charge in [0.2, 0.25) is 0 Å². The molecule has 0 aliphatic rings. The first kappa shape index (κ1) is 13.7. The third-order valence-electron chi connectivity index (χ3n) is 2.94. The van der Waals surface area contributed by atoms with Crippen LogP contribution in [0.1, 0.15) is 5.56 Å². The zero-order chi connectivity index (χ0) is 14.8. The lowest BCUT2D eigenvalue weighted by atomic mass is 10.2. The van der Waals surface area contributed by atoms with E-state index >= 15 is 0 Å². The van der Waals surface area contributed by atoms with Crippen LogP contribution >= 0.6 is 22.9 Å². The van der Waals surface area contributed by atoms with Gasteiger partial charge in [-0.25, -0.2) is 4.98 Å². The molecule has 0 spiro atoms. The number of nitriles is 1. The van der Waals surface area contributed by atoms with Gasteiger partial charge in [0, 0.05) is 5.02 Å². The summed E-state index contributed by atoms with van der Waals surface area (Å²) in [6, 6.07) is 13.0. The molecule has 0 bridgehead atoms. The fourth-order valence-corrected chi connectivity index (χ4v) is 3.00. The molecule has 0 radical (unpaired) electrons. The van der Waals surface area contributed by atoms with E-state index in [2.05, 4.69) is 16.4 Å². The lowest BCUT2D eigenvalue weighted by Crippen LogP contribution is -1.92. The molecule has 0 amide bonds. The SMILES string of the molecule is COc1ccc2nc(Nc3ccc(Cl)cc3C#N)sc2c1. The molecule has 0 saturated carbocycles. The molecule has 6 heteroatoms. The monoisotopic (exact) mass is 315 g/mol. The van der Waals surface area contributed by atoms with Crippen LogP contribution in [0.15, 0.2) is 36.4 Å². The molecule has 3 rings (SSSR count). The number of hydrogen-bond acceptors (Lipinski definition) is 5. The van der Waals surface area contributed by atoms with Crippen LogP contribution in [0.5, 0.6) is 5.75 Å². The standard InChI is InChI=1S/C15H10ClN3OS/c1-20-11-3-5-13-14(7-11)21-15(19-13)18-12-4-2-10(16)6-9(12)8-17/h2-7H,1H3,(H,18,19). The lowest BCUT2D eigenvalue weighted by Gasteiger charge is -2.04. The minimum absolute atomic E-state index is 0.485. The maximum absolute atomic E-state index is 9.15. The van der Waals surface area contributed by atoms with Crippen molar-refractivity contribution in [1.29, 1.82) is 5.26 Å². The highest BCUT2D eigenvalue weighted by Crippen LogP contribution is 2.32.